The Balaban J connectivity index is 2.19. The largest absolute Gasteiger partial charge is 0.444 e. The van der Waals surface area contributed by atoms with E-state index in [0.717, 1.165) is 24.1 Å². The molecule has 2 rings (SSSR count). The van der Waals surface area contributed by atoms with E-state index in [4.69, 9.17) is 4.74 Å². The van der Waals surface area contributed by atoms with Crippen LogP contribution in [0.25, 0.3) is 0 Å². The lowest BCUT2D eigenvalue weighted by atomic mass is 9.79. The summed E-state index contributed by atoms with van der Waals surface area (Å²) >= 11 is 0. The van der Waals surface area contributed by atoms with Crippen LogP contribution in [0.2, 0.25) is 0 Å². The minimum Gasteiger partial charge on any atom is -0.444 e. The average Bonchev–Trinajstić information content (AvgIpc) is 2.86. The number of nitrogens with zero attached hydrogens (tertiary/aromatic N) is 1. The second kappa shape index (κ2) is 15.2. The number of unbranched alkanes of at least 4 members (excludes halogenated alkanes) is 1. The normalized spacial score (nSPS) is 17.5. The number of alkyl carbamates (subject to hydrolysis) is 1. The molecule has 1 unspecified atom stereocenters. The Morgan fingerprint density at radius 3 is 2.49 bits per heavy atom. The standard InChI is InChI=1S/C31H50N4O6/c1-8-9-14-32-28(39)21(2)15-26(37)24(34-29(40)41-30(3,4)5)17-31(6,7)18-27(38)35-19-23(33-20-36)16-22-12-10-11-13-25(22)35/h10-13,20-21,23-24,26,37H,8-9,14-19H2,1-7H3,(H,32,39)(H,33,36)(H,34,40)/t21-,23?,24+,26+/m1/s1. The lowest BCUT2D eigenvalue weighted by Crippen LogP contribution is -2.50. The van der Waals surface area contributed by atoms with Crippen LogP contribution in [0.3, 0.4) is 0 Å². The molecule has 4 N–H and O–H groups in total. The molecule has 0 saturated carbocycles. The summed E-state index contributed by atoms with van der Waals surface area (Å²) in [6.45, 7) is 13.8. The number of rotatable bonds is 14. The van der Waals surface area contributed by atoms with Gasteiger partial charge in [-0.05, 0) is 63.5 Å². The minimum atomic E-state index is -1.04. The molecule has 4 atom stereocenters. The summed E-state index contributed by atoms with van der Waals surface area (Å²) in [7, 11) is 0. The summed E-state index contributed by atoms with van der Waals surface area (Å²) in [4.78, 5) is 51.8. The molecule has 1 heterocycles. The second-order valence-corrected chi connectivity index (χ2v) is 13.0. The molecule has 0 saturated heterocycles. The van der Waals surface area contributed by atoms with Crippen molar-refractivity contribution in [3.63, 3.8) is 0 Å². The molecule has 0 spiro atoms. The number of aliphatic hydroxyl groups excluding tert-OH is 1. The van der Waals surface area contributed by atoms with Gasteiger partial charge in [0, 0.05) is 31.1 Å². The first-order valence-electron chi connectivity index (χ1n) is 14.7. The van der Waals surface area contributed by atoms with Gasteiger partial charge in [0.25, 0.3) is 0 Å². The zero-order valence-electron chi connectivity index (χ0n) is 25.8. The van der Waals surface area contributed by atoms with Gasteiger partial charge in [-0.25, -0.2) is 4.79 Å². The van der Waals surface area contributed by atoms with Crippen LogP contribution in [0.15, 0.2) is 24.3 Å². The molecule has 0 radical (unpaired) electrons. The van der Waals surface area contributed by atoms with Gasteiger partial charge in [-0.1, -0.05) is 52.3 Å². The van der Waals surface area contributed by atoms with Gasteiger partial charge in [0.2, 0.25) is 18.2 Å². The van der Waals surface area contributed by atoms with Crippen molar-refractivity contribution in [2.24, 2.45) is 11.3 Å². The minimum absolute atomic E-state index is 0.117. The lowest BCUT2D eigenvalue weighted by molar-refractivity contribution is -0.125. The van der Waals surface area contributed by atoms with Gasteiger partial charge in [-0.2, -0.15) is 0 Å². The van der Waals surface area contributed by atoms with Crippen LogP contribution in [0.5, 0.6) is 0 Å². The summed E-state index contributed by atoms with van der Waals surface area (Å²) in [5, 5.41) is 19.7. The topological polar surface area (TPSA) is 137 Å². The third-order valence-corrected chi connectivity index (χ3v) is 7.20. The van der Waals surface area contributed by atoms with Crippen molar-refractivity contribution in [3.8, 4) is 0 Å². The number of aliphatic hydroxyl groups is 1. The number of ether oxygens (including phenoxy) is 1. The smallest absolute Gasteiger partial charge is 0.407 e. The van der Waals surface area contributed by atoms with Gasteiger partial charge in [0.15, 0.2) is 0 Å². The molecule has 1 aromatic carbocycles. The van der Waals surface area contributed by atoms with E-state index < -0.39 is 35.2 Å². The second-order valence-electron chi connectivity index (χ2n) is 13.0. The number of fused-ring (bicyclic) bond motifs is 1. The van der Waals surface area contributed by atoms with Crippen LogP contribution in [0.4, 0.5) is 10.5 Å². The van der Waals surface area contributed by atoms with E-state index in [9.17, 15) is 24.3 Å². The predicted molar refractivity (Wildman–Crippen MR) is 159 cm³/mol. The number of anilines is 1. The summed E-state index contributed by atoms with van der Waals surface area (Å²) in [6.07, 6.45) is 1.98. The Hall–Kier alpha value is -3.14. The molecule has 0 bridgehead atoms. The van der Waals surface area contributed by atoms with E-state index in [2.05, 4.69) is 16.0 Å². The van der Waals surface area contributed by atoms with E-state index in [1.165, 1.54) is 0 Å². The highest BCUT2D eigenvalue weighted by molar-refractivity contribution is 5.95. The summed E-state index contributed by atoms with van der Waals surface area (Å²) in [5.74, 6) is -0.735. The zero-order chi connectivity index (χ0) is 30.8. The van der Waals surface area contributed by atoms with Crippen molar-refractivity contribution in [1.82, 2.24) is 16.0 Å². The maximum atomic E-state index is 13.7. The van der Waals surface area contributed by atoms with Crippen molar-refractivity contribution in [2.75, 3.05) is 18.0 Å². The van der Waals surface area contributed by atoms with Gasteiger partial charge in [-0.3, -0.25) is 14.4 Å². The van der Waals surface area contributed by atoms with Gasteiger partial charge < -0.3 is 30.7 Å². The maximum Gasteiger partial charge on any atom is 0.407 e. The Morgan fingerprint density at radius 2 is 1.85 bits per heavy atom. The first-order valence-corrected chi connectivity index (χ1v) is 14.7. The van der Waals surface area contributed by atoms with Crippen LogP contribution < -0.4 is 20.9 Å². The van der Waals surface area contributed by atoms with Crippen molar-refractivity contribution in [3.05, 3.63) is 29.8 Å². The van der Waals surface area contributed by atoms with Gasteiger partial charge in [0.1, 0.15) is 5.60 Å². The number of amides is 4. The van der Waals surface area contributed by atoms with Crippen LogP contribution in [-0.4, -0.2) is 66.3 Å². The van der Waals surface area contributed by atoms with Crippen LogP contribution in [0, 0.1) is 11.3 Å². The number of hydrogen-bond donors (Lipinski definition) is 4. The molecule has 4 amide bonds. The first kappa shape index (κ1) is 34.1. The Morgan fingerprint density at radius 1 is 1.17 bits per heavy atom. The molecule has 1 aliphatic heterocycles. The van der Waals surface area contributed by atoms with Gasteiger partial charge in [-0.15, -0.1) is 0 Å². The molecular formula is C31H50N4O6. The average molecular weight is 575 g/mol. The number of nitrogens with one attached hydrogen (secondary N) is 3. The van der Waals surface area contributed by atoms with E-state index >= 15 is 0 Å². The third kappa shape index (κ3) is 11.3. The molecule has 10 heteroatoms. The summed E-state index contributed by atoms with van der Waals surface area (Å²) in [6, 6.07) is 6.71. The Labute approximate surface area is 245 Å². The molecule has 1 aromatic rings. The van der Waals surface area contributed by atoms with E-state index in [1.54, 1.807) is 32.6 Å². The predicted octanol–water partition coefficient (Wildman–Crippen LogP) is 3.69. The van der Waals surface area contributed by atoms with Gasteiger partial charge >= 0.3 is 6.09 Å². The van der Waals surface area contributed by atoms with E-state index in [-0.39, 0.29) is 37.1 Å². The molecule has 41 heavy (non-hydrogen) atoms. The van der Waals surface area contributed by atoms with Crippen molar-refractivity contribution < 1.29 is 29.0 Å². The molecule has 230 valence electrons. The number of para-hydroxylation sites is 1. The van der Waals surface area contributed by atoms with Crippen molar-refractivity contribution in [2.45, 2.75) is 111 Å². The first-order chi connectivity index (χ1) is 19.2. The van der Waals surface area contributed by atoms with Crippen LogP contribution >= 0.6 is 0 Å². The number of benzene rings is 1. The van der Waals surface area contributed by atoms with Crippen LogP contribution in [0.1, 0.15) is 86.1 Å². The maximum absolute atomic E-state index is 13.7. The highest BCUT2D eigenvalue weighted by atomic mass is 16.6. The monoisotopic (exact) mass is 574 g/mol. The van der Waals surface area contributed by atoms with Gasteiger partial charge in [0.05, 0.1) is 18.2 Å². The lowest BCUT2D eigenvalue weighted by Gasteiger charge is -2.38. The Kier molecular flexibility index (Phi) is 12.6. The number of carbonyl (C=O) groups is 4. The van der Waals surface area contributed by atoms with Crippen molar-refractivity contribution >= 4 is 30.0 Å². The summed E-state index contributed by atoms with van der Waals surface area (Å²) in [5.41, 5.74) is 0.439. The van der Waals surface area contributed by atoms with E-state index in [0.29, 0.717) is 25.9 Å². The highest BCUT2D eigenvalue weighted by Gasteiger charge is 2.36. The fourth-order valence-electron chi connectivity index (χ4n) is 5.15. The zero-order valence-corrected chi connectivity index (χ0v) is 25.8. The molecule has 0 aliphatic carbocycles. The molecule has 1 aliphatic rings. The third-order valence-electron chi connectivity index (χ3n) is 7.20. The molecule has 10 nitrogen and oxygen atoms in total. The number of hydrogen-bond acceptors (Lipinski definition) is 6. The number of carbonyl (C=O) groups excluding carboxylic acids is 4. The molecular weight excluding hydrogens is 524 g/mol. The fraction of sp³-hybridized carbons (Fsp3) is 0.677. The SMILES string of the molecule is CCCCNC(=O)[C@H](C)C[C@H](O)[C@H](CC(C)(C)CC(=O)N1CC(NC=O)Cc2ccccc21)NC(=O)OC(C)(C)C. The molecule has 0 fully saturated rings. The molecule has 0 aromatic heterocycles. The fourth-order valence-corrected chi connectivity index (χ4v) is 5.15. The summed E-state index contributed by atoms with van der Waals surface area (Å²) < 4.78 is 5.45. The van der Waals surface area contributed by atoms with Crippen molar-refractivity contribution in [1.29, 1.82) is 0 Å². The quantitative estimate of drug-likeness (QED) is 0.198. The Bertz CT molecular complexity index is 1040. The van der Waals surface area contributed by atoms with Crippen LogP contribution in [-0.2, 0) is 25.5 Å². The highest BCUT2D eigenvalue weighted by Crippen LogP contribution is 2.33. The van der Waals surface area contributed by atoms with E-state index in [1.807, 2.05) is 45.0 Å².